The quantitative estimate of drug-likeness (QED) is 0.556. The summed E-state index contributed by atoms with van der Waals surface area (Å²) in [7, 11) is 1.67. The lowest BCUT2D eigenvalue weighted by Gasteiger charge is -2.29. The second-order valence-electron chi connectivity index (χ2n) is 6.28. The summed E-state index contributed by atoms with van der Waals surface area (Å²) in [5, 5.41) is 23.7. The fourth-order valence-electron chi connectivity index (χ4n) is 3.31. The van der Waals surface area contributed by atoms with Gasteiger partial charge in [0.1, 0.15) is 12.2 Å². The Morgan fingerprint density at radius 1 is 1.30 bits per heavy atom. The molecule has 0 aliphatic carbocycles. The van der Waals surface area contributed by atoms with Crippen molar-refractivity contribution in [2.45, 2.75) is 24.5 Å². The van der Waals surface area contributed by atoms with Crippen LogP contribution in [0.4, 0.5) is 5.82 Å². The van der Waals surface area contributed by atoms with Crippen LogP contribution in [0, 0.1) is 0 Å². The number of aromatic nitrogens is 4. The lowest BCUT2D eigenvalue weighted by Crippen LogP contribution is -2.49. The Bertz CT molecular complexity index is 857. The molecule has 11 nitrogen and oxygen atoms in total. The molecule has 2 fully saturated rings. The molecule has 27 heavy (non-hydrogen) atoms. The van der Waals surface area contributed by atoms with Crippen LogP contribution in [0.25, 0.3) is 11.2 Å². The standard InChI is InChI=1S/C15H19ClN6O5/c1-17-11-7-12(20-15(16)19-11)22(6-18-7)14-9(24)8(23)10(27-14)13(25)21-2-4-26-5-3-21/h6,8-10,14,23-24H,2-5H2,1H3,(H,17,19,20)/t8-,9+,10-,14+/m0/s1. The summed E-state index contributed by atoms with van der Waals surface area (Å²) in [6.45, 7) is 1.67. The number of hydrogen-bond donors (Lipinski definition) is 3. The first-order valence-electron chi connectivity index (χ1n) is 8.47. The average Bonchev–Trinajstić information content (AvgIpc) is 3.22. The predicted octanol–water partition coefficient (Wildman–Crippen LogP) is -1.00. The highest BCUT2D eigenvalue weighted by atomic mass is 35.5. The van der Waals surface area contributed by atoms with E-state index < -0.39 is 24.5 Å². The third kappa shape index (κ3) is 3.11. The van der Waals surface area contributed by atoms with E-state index in [-0.39, 0.29) is 11.2 Å². The number of amides is 1. The molecule has 4 rings (SSSR count). The van der Waals surface area contributed by atoms with Crippen molar-refractivity contribution in [2.24, 2.45) is 0 Å². The van der Waals surface area contributed by atoms with Crippen molar-refractivity contribution >= 4 is 34.5 Å². The van der Waals surface area contributed by atoms with Crippen molar-refractivity contribution in [3.63, 3.8) is 0 Å². The zero-order valence-corrected chi connectivity index (χ0v) is 15.2. The molecule has 0 bridgehead atoms. The molecule has 1 amide bonds. The van der Waals surface area contributed by atoms with Crippen LogP contribution < -0.4 is 5.32 Å². The Hall–Kier alpha value is -2.05. The number of morpholine rings is 1. The first-order valence-corrected chi connectivity index (χ1v) is 8.85. The number of nitrogens with zero attached hydrogens (tertiary/aromatic N) is 5. The maximum absolute atomic E-state index is 12.7. The van der Waals surface area contributed by atoms with E-state index in [0.717, 1.165) is 0 Å². The minimum atomic E-state index is -1.39. The van der Waals surface area contributed by atoms with Gasteiger partial charge in [-0.15, -0.1) is 0 Å². The number of halogens is 1. The van der Waals surface area contributed by atoms with Gasteiger partial charge in [0, 0.05) is 20.1 Å². The smallest absolute Gasteiger partial charge is 0.254 e. The summed E-state index contributed by atoms with van der Waals surface area (Å²) in [4.78, 5) is 26.6. The van der Waals surface area contributed by atoms with Gasteiger partial charge in [0.25, 0.3) is 5.91 Å². The van der Waals surface area contributed by atoms with E-state index in [9.17, 15) is 15.0 Å². The van der Waals surface area contributed by atoms with Crippen LogP contribution in [0.15, 0.2) is 6.33 Å². The number of carbonyl (C=O) groups excluding carboxylic acids is 1. The molecule has 4 heterocycles. The fraction of sp³-hybridized carbons (Fsp3) is 0.600. The number of aliphatic hydroxyl groups excluding tert-OH is 2. The molecular formula is C15H19ClN6O5. The highest BCUT2D eigenvalue weighted by Gasteiger charge is 2.49. The summed E-state index contributed by atoms with van der Waals surface area (Å²) in [6.07, 6.45) is -3.57. The van der Waals surface area contributed by atoms with Gasteiger partial charge >= 0.3 is 0 Å². The molecule has 2 aliphatic rings. The van der Waals surface area contributed by atoms with Crippen LogP contribution in [0.2, 0.25) is 5.28 Å². The SMILES string of the molecule is CNc1nc(Cl)nc2c1ncn2[C@@H]1O[C@H](C(=O)N2CCOCC2)[C@@H](O)[C@H]1O. The van der Waals surface area contributed by atoms with Crippen LogP contribution >= 0.6 is 11.6 Å². The molecule has 12 heteroatoms. The average molecular weight is 399 g/mol. The largest absolute Gasteiger partial charge is 0.387 e. The second kappa shape index (κ2) is 7.17. The molecule has 2 aromatic rings. The fourth-order valence-corrected chi connectivity index (χ4v) is 3.47. The maximum atomic E-state index is 12.7. The topological polar surface area (TPSA) is 135 Å². The number of rotatable bonds is 3. The van der Waals surface area contributed by atoms with Crippen LogP contribution in [-0.2, 0) is 14.3 Å². The van der Waals surface area contributed by atoms with E-state index in [4.69, 9.17) is 21.1 Å². The number of anilines is 1. The molecule has 0 saturated carbocycles. The van der Waals surface area contributed by atoms with E-state index in [2.05, 4.69) is 20.3 Å². The molecule has 2 saturated heterocycles. The van der Waals surface area contributed by atoms with Crippen molar-refractivity contribution in [3.8, 4) is 0 Å². The van der Waals surface area contributed by atoms with Crippen molar-refractivity contribution in [3.05, 3.63) is 11.6 Å². The highest BCUT2D eigenvalue weighted by molar-refractivity contribution is 6.28. The lowest BCUT2D eigenvalue weighted by atomic mass is 10.1. The van der Waals surface area contributed by atoms with Crippen LogP contribution in [0.1, 0.15) is 6.23 Å². The Morgan fingerprint density at radius 2 is 2.04 bits per heavy atom. The molecule has 0 aromatic carbocycles. The normalized spacial score (nSPS) is 28.7. The molecule has 0 spiro atoms. The van der Waals surface area contributed by atoms with Gasteiger partial charge in [-0.05, 0) is 11.6 Å². The Kier molecular flexibility index (Phi) is 4.86. The van der Waals surface area contributed by atoms with E-state index >= 15 is 0 Å². The van der Waals surface area contributed by atoms with E-state index in [1.807, 2.05) is 0 Å². The van der Waals surface area contributed by atoms with Crippen LogP contribution in [0.3, 0.4) is 0 Å². The van der Waals surface area contributed by atoms with Gasteiger partial charge in [-0.2, -0.15) is 9.97 Å². The molecule has 2 aliphatic heterocycles. The first kappa shape index (κ1) is 18.3. The number of carbonyl (C=O) groups is 1. The van der Waals surface area contributed by atoms with Gasteiger partial charge in [-0.25, -0.2) is 4.98 Å². The molecular weight excluding hydrogens is 380 g/mol. The number of hydrogen-bond acceptors (Lipinski definition) is 9. The molecule has 0 radical (unpaired) electrons. The summed E-state index contributed by atoms with van der Waals surface area (Å²) in [5.74, 6) is 0.0260. The van der Waals surface area contributed by atoms with E-state index in [0.29, 0.717) is 43.3 Å². The third-order valence-corrected chi connectivity index (χ3v) is 4.88. The minimum absolute atomic E-state index is 0.0115. The highest BCUT2D eigenvalue weighted by Crippen LogP contribution is 2.33. The zero-order valence-electron chi connectivity index (χ0n) is 14.4. The summed E-state index contributed by atoms with van der Waals surface area (Å²) in [6, 6.07) is 0. The van der Waals surface area contributed by atoms with Crippen molar-refractivity contribution in [2.75, 3.05) is 38.7 Å². The Morgan fingerprint density at radius 3 is 2.74 bits per heavy atom. The van der Waals surface area contributed by atoms with Gasteiger partial charge in [-0.3, -0.25) is 9.36 Å². The zero-order chi connectivity index (χ0) is 19.1. The summed E-state index contributed by atoms with van der Waals surface area (Å²) < 4.78 is 12.4. The molecule has 4 atom stereocenters. The molecule has 2 aromatic heterocycles. The number of aliphatic hydroxyl groups is 2. The van der Waals surface area contributed by atoms with Gasteiger partial charge < -0.3 is 29.9 Å². The monoisotopic (exact) mass is 398 g/mol. The number of fused-ring (bicyclic) bond motifs is 1. The van der Waals surface area contributed by atoms with Crippen molar-refractivity contribution < 1.29 is 24.5 Å². The van der Waals surface area contributed by atoms with Crippen molar-refractivity contribution in [1.82, 2.24) is 24.4 Å². The number of ether oxygens (including phenoxy) is 2. The van der Waals surface area contributed by atoms with Gasteiger partial charge in [0.15, 0.2) is 29.3 Å². The Labute approximate surface area is 158 Å². The van der Waals surface area contributed by atoms with Gasteiger partial charge in [-0.1, -0.05) is 0 Å². The van der Waals surface area contributed by atoms with Gasteiger partial charge in [0.05, 0.1) is 19.5 Å². The lowest BCUT2D eigenvalue weighted by molar-refractivity contribution is -0.152. The molecule has 146 valence electrons. The third-order valence-electron chi connectivity index (χ3n) is 4.71. The molecule has 0 unspecified atom stereocenters. The minimum Gasteiger partial charge on any atom is -0.387 e. The van der Waals surface area contributed by atoms with Crippen LogP contribution in [0.5, 0.6) is 0 Å². The summed E-state index contributed by atoms with van der Waals surface area (Å²) in [5.41, 5.74) is 0.741. The molecule has 3 N–H and O–H groups in total. The second-order valence-corrected chi connectivity index (χ2v) is 6.62. The number of nitrogens with one attached hydrogen (secondary N) is 1. The predicted molar refractivity (Wildman–Crippen MR) is 93.2 cm³/mol. The summed E-state index contributed by atoms with van der Waals surface area (Å²) >= 11 is 5.96. The van der Waals surface area contributed by atoms with Crippen molar-refractivity contribution in [1.29, 1.82) is 0 Å². The van der Waals surface area contributed by atoms with E-state index in [1.54, 1.807) is 11.9 Å². The Balaban J connectivity index is 1.64. The van der Waals surface area contributed by atoms with E-state index in [1.165, 1.54) is 10.9 Å². The first-order chi connectivity index (χ1) is 13.0. The maximum Gasteiger partial charge on any atom is 0.254 e. The number of imidazole rings is 1. The van der Waals surface area contributed by atoms with Crippen LogP contribution in [-0.4, -0.2) is 92.2 Å². The van der Waals surface area contributed by atoms with Gasteiger partial charge in [0.2, 0.25) is 5.28 Å².